The summed E-state index contributed by atoms with van der Waals surface area (Å²) in [5.41, 5.74) is 1.55. The van der Waals surface area contributed by atoms with Crippen molar-refractivity contribution in [2.45, 2.75) is 6.42 Å². The van der Waals surface area contributed by atoms with Crippen molar-refractivity contribution in [2.75, 3.05) is 7.11 Å². The second-order valence-corrected chi connectivity index (χ2v) is 5.36. The molecular formula is C15H12BrClO2. The van der Waals surface area contributed by atoms with Crippen molar-refractivity contribution in [3.8, 4) is 5.75 Å². The van der Waals surface area contributed by atoms with Crippen molar-refractivity contribution in [3.05, 3.63) is 63.1 Å². The van der Waals surface area contributed by atoms with Crippen LogP contribution in [0.25, 0.3) is 0 Å². The van der Waals surface area contributed by atoms with E-state index in [2.05, 4.69) is 15.9 Å². The number of rotatable bonds is 4. The summed E-state index contributed by atoms with van der Waals surface area (Å²) in [7, 11) is 1.58. The highest BCUT2D eigenvalue weighted by Gasteiger charge is 2.12. The molecule has 0 aliphatic heterocycles. The Morgan fingerprint density at radius 1 is 1.21 bits per heavy atom. The van der Waals surface area contributed by atoms with Crippen LogP contribution in [-0.4, -0.2) is 12.9 Å². The molecule has 0 heterocycles. The molecule has 4 heteroatoms. The lowest BCUT2D eigenvalue weighted by molar-refractivity contribution is 0.0992. The third-order valence-corrected chi connectivity index (χ3v) is 3.70. The fraction of sp³-hybridized carbons (Fsp3) is 0.133. The van der Waals surface area contributed by atoms with Crippen LogP contribution in [0.15, 0.2) is 46.9 Å². The fourth-order valence-corrected chi connectivity index (χ4v) is 2.32. The molecule has 0 aromatic heterocycles. The highest BCUT2D eigenvalue weighted by atomic mass is 79.9. The zero-order valence-electron chi connectivity index (χ0n) is 10.3. The van der Waals surface area contributed by atoms with Gasteiger partial charge in [0.2, 0.25) is 0 Å². The van der Waals surface area contributed by atoms with Crippen molar-refractivity contribution < 1.29 is 9.53 Å². The molecule has 0 atom stereocenters. The number of carbonyl (C=O) groups is 1. The first-order valence-corrected chi connectivity index (χ1v) is 6.88. The molecule has 2 aromatic rings. The maximum absolute atomic E-state index is 12.3. The maximum atomic E-state index is 12.3. The van der Waals surface area contributed by atoms with Gasteiger partial charge < -0.3 is 4.74 Å². The molecule has 0 bridgehead atoms. The number of methoxy groups -OCH3 is 1. The lowest BCUT2D eigenvalue weighted by Gasteiger charge is -2.07. The van der Waals surface area contributed by atoms with E-state index in [1.807, 2.05) is 24.3 Å². The molecule has 0 N–H and O–H groups in total. The summed E-state index contributed by atoms with van der Waals surface area (Å²) in [6.45, 7) is 0. The molecule has 2 rings (SSSR count). The van der Waals surface area contributed by atoms with Gasteiger partial charge in [-0.3, -0.25) is 4.79 Å². The minimum Gasteiger partial charge on any atom is -0.497 e. The van der Waals surface area contributed by atoms with Gasteiger partial charge >= 0.3 is 0 Å². The molecule has 19 heavy (non-hydrogen) atoms. The van der Waals surface area contributed by atoms with Crippen LogP contribution in [-0.2, 0) is 6.42 Å². The minimum atomic E-state index is 0.0353. The van der Waals surface area contributed by atoms with Crippen molar-refractivity contribution in [1.82, 2.24) is 0 Å². The average molecular weight is 340 g/mol. The summed E-state index contributed by atoms with van der Waals surface area (Å²) in [5.74, 6) is 0.704. The molecule has 0 saturated carbocycles. The van der Waals surface area contributed by atoms with E-state index in [0.717, 1.165) is 10.0 Å². The van der Waals surface area contributed by atoms with Crippen LogP contribution in [0.5, 0.6) is 5.75 Å². The average Bonchev–Trinajstić information content (AvgIpc) is 2.42. The van der Waals surface area contributed by atoms with Gasteiger partial charge in [-0.05, 0) is 35.9 Å². The summed E-state index contributed by atoms with van der Waals surface area (Å²) in [4.78, 5) is 12.3. The predicted octanol–water partition coefficient (Wildman–Crippen LogP) is 4.54. The Kier molecular flexibility index (Phi) is 4.61. The first-order chi connectivity index (χ1) is 9.10. The van der Waals surface area contributed by atoms with Crippen LogP contribution in [0.3, 0.4) is 0 Å². The standard InChI is InChI=1S/C15H12BrClO2/c1-19-12-6-7-14(16)13(9-12)15(18)8-10-2-4-11(17)5-3-10/h2-7,9H,8H2,1H3. The van der Waals surface area contributed by atoms with Crippen molar-refractivity contribution in [2.24, 2.45) is 0 Å². The maximum Gasteiger partial charge on any atom is 0.168 e. The highest BCUT2D eigenvalue weighted by Crippen LogP contribution is 2.24. The molecular weight excluding hydrogens is 328 g/mol. The van der Waals surface area contributed by atoms with E-state index in [1.165, 1.54) is 0 Å². The van der Waals surface area contributed by atoms with E-state index in [9.17, 15) is 4.79 Å². The Balaban J connectivity index is 2.22. The summed E-state index contributed by atoms with van der Waals surface area (Å²) in [5, 5.41) is 0.666. The Morgan fingerprint density at radius 2 is 1.89 bits per heavy atom. The van der Waals surface area contributed by atoms with Gasteiger partial charge in [0.05, 0.1) is 7.11 Å². The molecule has 0 aliphatic carbocycles. The minimum absolute atomic E-state index is 0.0353. The zero-order chi connectivity index (χ0) is 13.8. The van der Waals surface area contributed by atoms with Crippen LogP contribution < -0.4 is 4.74 Å². The van der Waals surface area contributed by atoms with Crippen LogP contribution in [0.4, 0.5) is 0 Å². The van der Waals surface area contributed by atoms with E-state index in [1.54, 1.807) is 25.3 Å². The molecule has 0 spiro atoms. The number of halogens is 2. The lowest BCUT2D eigenvalue weighted by atomic mass is 10.0. The van der Waals surface area contributed by atoms with Gasteiger partial charge in [-0.2, -0.15) is 0 Å². The van der Waals surface area contributed by atoms with Gasteiger partial charge in [0, 0.05) is 21.5 Å². The molecule has 0 saturated heterocycles. The van der Waals surface area contributed by atoms with Crippen LogP contribution in [0.2, 0.25) is 5.02 Å². The Labute approximate surface area is 125 Å². The molecule has 0 radical (unpaired) electrons. The smallest absolute Gasteiger partial charge is 0.168 e. The second-order valence-electron chi connectivity index (χ2n) is 4.07. The third kappa shape index (κ3) is 3.58. The zero-order valence-corrected chi connectivity index (χ0v) is 12.7. The number of Topliss-reactive ketones (excluding diaryl/α,β-unsaturated/α-hetero) is 1. The monoisotopic (exact) mass is 338 g/mol. The first-order valence-electron chi connectivity index (χ1n) is 5.71. The van der Waals surface area contributed by atoms with Crippen molar-refractivity contribution in [1.29, 1.82) is 0 Å². The first kappa shape index (κ1) is 14.1. The van der Waals surface area contributed by atoms with E-state index in [-0.39, 0.29) is 5.78 Å². The number of hydrogen-bond acceptors (Lipinski definition) is 2. The highest BCUT2D eigenvalue weighted by molar-refractivity contribution is 9.10. The number of carbonyl (C=O) groups excluding carboxylic acids is 1. The molecule has 0 amide bonds. The normalized spacial score (nSPS) is 10.3. The number of benzene rings is 2. The Hall–Kier alpha value is -1.32. The van der Waals surface area contributed by atoms with Crippen molar-refractivity contribution in [3.63, 3.8) is 0 Å². The number of hydrogen-bond donors (Lipinski definition) is 0. The number of ketones is 1. The third-order valence-electron chi connectivity index (χ3n) is 2.75. The largest absolute Gasteiger partial charge is 0.497 e. The summed E-state index contributed by atoms with van der Waals surface area (Å²) in [6.07, 6.45) is 0.336. The van der Waals surface area contributed by atoms with E-state index in [0.29, 0.717) is 22.8 Å². The summed E-state index contributed by atoms with van der Waals surface area (Å²) < 4.78 is 5.91. The van der Waals surface area contributed by atoms with Crippen molar-refractivity contribution >= 4 is 33.3 Å². The predicted molar refractivity (Wildman–Crippen MR) is 80.2 cm³/mol. The molecule has 2 aromatic carbocycles. The van der Waals surface area contributed by atoms with Crippen LogP contribution in [0, 0.1) is 0 Å². The van der Waals surface area contributed by atoms with Gasteiger partial charge in [0.25, 0.3) is 0 Å². The van der Waals surface area contributed by atoms with E-state index in [4.69, 9.17) is 16.3 Å². The molecule has 2 nitrogen and oxygen atoms in total. The summed E-state index contributed by atoms with van der Waals surface area (Å²) >= 11 is 9.21. The quantitative estimate of drug-likeness (QED) is 0.765. The van der Waals surface area contributed by atoms with Gasteiger partial charge in [-0.25, -0.2) is 0 Å². The fourth-order valence-electron chi connectivity index (χ4n) is 1.73. The Bertz CT molecular complexity index is 594. The lowest BCUT2D eigenvalue weighted by Crippen LogP contribution is -2.04. The summed E-state index contributed by atoms with van der Waals surface area (Å²) in [6, 6.07) is 12.6. The van der Waals surface area contributed by atoms with Gasteiger partial charge in [-0.1, -0.05) is 39.7 Å². The van der Waals surface area contributed by atoms with E-state index < -0.39 is 0 Å². The van der Waals surface area contributed by atoms with E-state index >= 15 is 0 Å². The second kappa shape index (κ2) is 6.22. The SMILES string of the molecule is COc1ccc(Br)c(C(=O)Cc2ccc(Cl)cc2)c1. The molecule has 98 valence electrons. The van der Waals surface area contributed by atoms with Crippen LogP contribution in [0.1, 0.15) is 15.9 Å². The van der Waals surface area contributed by atoms with Crippen LogP contribution >= 0.6 is 27.5 Å². The molecule has 0 aliphatic rings. The van der Waals surface area contributed by atoms with Gasteiger partial charge in [0.15, 0.2) is 5.78 Å². The topological polar surface area (TPSA) is 26.3 Å². The molecule has 0 fully saturated rings. The van der Waals surface area contributed by atoms with Gasteiger partial charge in [-0.15, -0.1) is 0 Å². The molecule has 0 unspecified atom stereocenters. The Morgan fingerprint density at radius 3 is 2.53 bits per heavy atom. The van der Waals surface area contributed by atoms with Gasteiger partial charge in [0.1, 0.15) is 5.75 Å². The number of ether oxygens (including phenoxy) is 1.